The van der Waals surface area contributed by atoms with Crippen molar-refractivity contribution in [3.63, 3.8) is 0 Å². The van der Waals surface area contributed by atoms with Gasteiger partial charge in [0.1, 0.15) is 6.54 Å². The largest absolute Gasteiger partial charge is 0.480 e. The molecule has 0 spiro atoms. The number of hydrogen-bond donors (Lipinski definition) is 2. The number of hydrogen-bond acceptors (Lipinski definition) is 4. The van der Waals surface area contributed by atoms with Crippen molar-refractivity contribution in [2.24, 2.45) is 0 Å². The van der Waals surface area contributed by atoms with E-state index in [1.54, 1.807) is 32.0 Å². The van der Waals surface area contributed by atoms with Crippen molar-refractivity contribution in [3.8, 4) is 0 Å². The molecule has 1 aromatic rings. The third kappa shape index (κ3) is 3.80. The van der Waals surface area contributed by atoms with E-state index in [1.165, 1.54) is 4.90 Å². The molecule has 1 aromatic carbocycles. The van der Waals surface area contributed by atoms with E-state index in [4.69, 9.17) is 5.11 Å². The topological polar surface area (TPSA) is 90.0 Å². The molecule has 1 heterocycles. The van der Waals surface area contributed by atoms with Gasteiger partial charge in [-0.25, -0.2) is 0 Å². The van der Waals surface area contributed by atoms with Crippen molar-refractivity contribution >= 4 is 29.2 Å². The number of carbonyl (C=O) groups excluding carboxylic acids is 2. The van der Waals surface area contributed by atoms with Crippen molar-refractivity contribution < 1.29 is 19.5 Å². The Bertz CT molecular complexity index is 642. The van der Waals surface area contributed by atoms with Gasteiger partial charge in [0.2, 0.25) is 5.91 Å². The molecule has 2 rings (SSSR count). The zero-order valence-electron chi connectivity index (χ0n) is 13.5. The highest BCUT2D eigenvalue weighted by Crippen LogP contribution is 2.29. The lowest BCUT2D eigenvalue weighted by atomic mass is 10.1. The van der Waals surface area contributed by atoms with Gasteiger partial charge >= 0.3 is 5.97 Å². The first-order chi connectivity index (χ1) is 10.8. The number of aliphatic carboxylic acids is 1. The summed E-state index contributed by atoms with van der Waals surface area (Å²) >= 11 is 0. The third-order valence-electron chi connectivity index (χ3n) is 3.79. The van der Waals surface area contributed by atoms with E-state index in [1.807, 2.05) is 11.9 Å². The van der Waals surface area contributed by atoms with Gasteiger partial charge in [0.25, 0.3) is 5.91 Å². The number of nitrogens with zero attached hydrogens (tertiary/aromatic N) is 2. The second-order valence-corrected chi connectivity index (χ2v) is 5.87. The Morgan fingerprint density at radius 1 is 1.39 bits per heavy atom. The van der Waals surface area contributed by atoms with Crippen LogP contribution >= 0.6 is 0 Å². The van der Waals surface area contributed by atoms with E-state index in [0.717, 1.165) is 5.69 Å². The van der Waals surface area contributed by atoms with Crippen molar-refractivity contribution in [3.05, 3.63) is 23.8 Å². The van der Waals surface area contributed by atoms with Gasteiger partial charge in [-0.1, -0.05) is 0 Å². The van der Waals surface area contributed by atoms with E-state index in [0.29, 0.717) is 24.2 Å². The van der Waals surface area contributed by atoms with Crippen LogP contribution in [0.3, 0.4) is 0 Å². The number of fused-ring (bicyclic) bond motifs is 1. The Labute approximate surface area is 134 Å². The SMILES string of the molecule is CC(C)N(CC(=O)O)C(=O)c1ccc2c(c1)NC(=O)CCN2C. The standard InChI is InChI=1S/C16H21N3O4/c1-10(2)19(9-15(21)22)16(23)11-4-5-13-12(8-11)17-14(20)6-7-18(13)3/h4-5,8,10H,6-7,9H2,1-3H3,(H,17,20)(H,21,22). The molecule has 0 aliphatic carbocycles. The van der Waals surface area contributed by atoms with Crippen LogP contribution in [-0.2, 0) is 9.59 Å². The van der Waals surface area contributed by atoms with Gasteiger partial charge in [0.05, 0.1) is 11.4 Å². The van der Waals surface area contributed by atoms with Gasteiger partial charge in [-0.05, 0) is 32.0 Å². The van der Waals surface area contributed by atoms with E-state index in [9.17, 15) is 14.4 Å². The average molecular weight is 319 g/mol. The number of carboxylic acid groups (broad SMARTS) is 1. The molecule has 7 nitrogen and oxygen atoms in total. The van der Waals surface area contributed by atoms with Gasteiger partial charge in [0, 0.05) is 31.6 Å². The van der Waals surface area contributed by atoms with Crippen LogP contribution < -0.4 is 10.2 Å². The zero-order valence-corrected chi connectivity index (χ0v) is 13.5. The number of anilines is 2. The molecule has 0 saturated carbocycles. The van der Waals surface area contributed by atoms with Crippen molar-refractivity contribution in [2.45, 2.75) is 26.3 Å². The molecule has 1 aliphatic heterocycles. The Hall–Kier alpha value is -2.57. The van der Waals surface area contributed by atoms with Crippen molar-refractivity contribution in [1.29, 1.82) is 0 Å². The lowest BCUT2D eigenvalue weighted by Crippen LogP contribution is -2.40. The highest BCUT2D eigenvalue weighted by atomic mass is 16.4. The maximum Gasteiger partial charge on any atom is 0.323 e. The molecule has 2 N–H and O–H groups in total. The fourth-order valence-corrected chi connectivity index (χ4v) is 2.50. The molecule has 0 fully saturated rings. The summed E-state index contributed by atoms with van der Waals surface area (Å²) in [6, 6.07) is 4.80. The Balaban J connectivity index is 2.35. The second kappa shape index (κ2) is 6.68. The fourth-order valence-electron chi connectivity index (χ4n) is 2.50. The molecule has 1 aliphatic rings. The van der Waals surface area contributed by atoms with Crippen LogP contribution in [0.15, 0.2) is 18.2 Å². The monoisotopic (exact) mass is 319 g/mol. The molecule has 0 aromatic heterocycles. The predicted molar refractivity (Wildman–Crippen MR) is 86.8 cm³/mol. The third-order valence-corrected chi connectivity index (χ3v) is 3.79. The number of benzene rings is 1. The Morgan fingerprint density at radius 2 is 2.09 bits per heavy atom. The molecule has 0 saturated heterocycles. The second-order valence-electron chi connectivity index (χ2n) is 5.87. The first-order valence-corrected chi connectivity index (χ1v) is 7.47. The zero-order chi connectivity index (χ0) is 17.1. The van der Waals surface area contributed by atoms with E-state index >= 15 is 0 Å². The van der Waals surface area contributed by atoms with Crippen LogP contribution in [-0.4, -0.2) is 54.0 Å². The summed E-state index contributed by atoms with van der Waals surface area (Å²) in [6.45, 7) is 3.77. The molecule has 2 amide bonds. The van der Waals surface area contributed by atoms with Crippen LogP contribution in [0, 0.1) is 0 Å². The summed E-state index contributed by atoms with van der Waals surface area (Å²) in [7, 11) is 1.88. The van der Waals surface area contributed by atoms with Crippen LogP contribution in [0.4, 0.5) is 11.4 Å². The molecular formula is C16H21N3O4. The normalized spacial score (nSPS) is 14.1. The first-order valence-electron chi connectivity index (χ1n) is 7.47. The van der Waals surface area contributed by atoms with E-state index in [2.05, 4.69) is 5.32 Å². The van der Waals surface area contributed by atoms with Gasteiger partial charge in [0.15, 0.2) is 0 Å². The number of amides is 2. The summed E-state index contributed by atoms with van der Waals surface area (Å²) in [4.78, 5) is 38.5. The van der Waals surface area contributed by atoms with Crippen LogP contribution in [0.2, 0.25) is 0 Å². The number of carboxylic acids is 1. The smallest absolute Gasteiger partial charge is 0.323 e. The van der Waals surface area contributed by atoms with Gasteiger partial charge < -0.3 is 20.2 Å². The molecule has 7 heteroatoms. The molecule has 0 unspecified atom stereocenters. The highest BCUT2D eigenvalue weighted by Gasteiger charge is 2.23. The number of nitrogens with one attached hydrogen (secondary N) is 1. The minimum Gasteiger partial charge on any atom is -0.480 e. The minimum atomic E-state index is -1.06. The van der Waals surface area contributed by atoms with E-state index < -0.39 is 5.97 Å². The average Bonchev–Trinajstić information content (AvgIpc) is 2.62. The summed E-state index contributed by atoms with van der Waals surface area (Å²) in [5.41, 5.74) is 1.76. The van der Waals surface area contributed by atoms with Gasteiger partial charge in [-0.2, -0.15) is 0 Å². The highest BCUT2D eigenvalue weighted by molar-refractivity contribution is 6.01. The molecule has 0 bridgehead atoms. The Morgan fingerprint density at radius 3 is 2.70 bits per heavy atom. The molecular weight excluding hydrogens is 298 g/mol. The van der Waals surface area contributed by atoms with Crippen LogP contribution in [0.5, 0.6) is 0 Å². The summed E-state index contributed by atoms with van der Waals surface area (Å²) < 4.78 is 0. The fraction of sp³-hybridized carbons (Fsp3) is 0.438. The predicted octanol–water partition coefficient (Wildman–Crippen LogP) is 1.40. The van der Waals surface area contributed by atoms with Crippen LogP contribution in [0.1, 0.15) is 30.6 Å². The van der Waals surface area contributed by atoms with Crippen LogP contribution in [0.25, 0.3) is 0 Å². The molecule has 0 atom stereocenters. The molecule has 23 heavy (non-hydrogen) atoms. The van der Waals surface area contributed by atoms with Gasteiger partial charge in [-0.15, -0.1) is 0 Å². The maximum absolute atomic E-state index is 12.6. The molecule has 0 radical (unpaired) electrons. The lowest BCUT2D eigenvalue weighted by molar-refractivity contribution is -0.138. The van der Waals surface area contributed by atoms with Gasteiger partial charge in [-0.3, -0.25) is 14.4 Å². The quantitative estimate of drug-likeness (QED) is 0.875. The minimum absolute atomic E-state index is 0.105. The van der Waals surface area contributed by atoms with Crippen molar-refractivity contribution in [2.75, 3.05) is 30.4 Å². The lowest BCUT2D eigenvalue weighted by Gasteiger charge is -2.25. The molecule has 124 valence electrons. The summed E-state index contributed by atoms with van der Waals surface area (Å²) in [5, 5.41) is 11.8. The van der Waals surface area contributed by atoms with Crippen molar-refractivity contribution in [1.82, 2.24) is 4.90 Å². The maximum atomic E-state index is 12.6. The summed E-state index contributed by atoms with van der Waals surface area (Å²) in [6.07, 6.45) is 0.381. The number of rotatable bonds is 4. The first kappa shape index (κ1) is 16.8. The number of carbonyl (C=O) groups is 3. The van der Waals surface area contributed by atoms with E-state index in [-0.39, 0.29) is 24.4 Å². The Kier molecular flexibility index (Phi) is 4.88. The summed E-state index contributed by atoms with van der Waals surface area (Å²) in [5.74, 6) is -1.53.